The van der Waals surface area contributed by atoms with Crippen LogP contribution in [0.1, 0.15) is 15.9 Å². The molecule has 0 aromatic heterocycles. The van der Waals surface area contributed by atoms with Gasteiger partial charge in [0.15, 0.2) is 0 Å². The van der Waals surface area contributed by atoms with E-state index in [-0.39, 0.29) is 5.91 Å². The number of carbonyl (C=O) groups is 1. The van der Waals surface area contributed by atoms with Crippen LogP contribution in [0.4, 0.5) is 11.4 Å². The van der Waals surface area contributed by atoms with Crippen molar-refractivity contribution in [3.05, 3.63) is 77.9 Å². The summed E-state index contributed by atoms with van der Waals surface area (Å²) in [5, 5.41) is 6.24. The molecule has 3 rings (SSSR count). The van der Waals surface area contributed by atoms with Crippen LogP contribution in [0.3, 0.4) is 0 Å². The van der Waals surface area contributed by atoms with Gasteiger partial charge in [0.1, 0.15) is 17.2 Å². The number of ether oxygens (including phenoxy) is 3. The molecule has 0 aliphatic rings. The summed E-state index contributed by atoms with van der Waals surface area (Å²) in [6.07, 6.45) is 0. The Morgan fingerprint density at radius 1 is 0.724 bits per heavy atom. The van der Waals surface area contributed by atoms with Gasteiger partial charge in [-0.1, -0.05) is 12.1 Å². The maximum Gasteiger partial charge on any atom is 0.255 e. The van der Waals surface area contributed by atoms with Crippen molar-refractivity contribution in [2.45, 2.75) is 6.54 Å². The zero-order valence-corrected chi connectivity index (χ0v) is 16.7. The molecule has 29 heavy (non-hydrogen) atoms. The first-order chi connectivity index (χ1) is 14.1. The fourth-order valence-electron chi connectivity index (χ4n) is 2.76. The minimum atomic E-state index is -0.235. The highest BCUT2D eigenvalue weighted by Crippen LogP contribution is 2.23. The number of carbonyl (C=O) groups excluding carboxylic acids is 1. The van der Waals surface area contributed by atoms with Gasteiger partial charge in [-0.05, 0) is 54.1 Å². The molecule has 0 unspecified atom stereocenters. The molecule has 3 aromatic rings. The molecule has 1 amide bonds. The smallest absolute Gasteiger partial charge is 0.255 e. The lowest BCUT2D eigenvalue weighted by atomic mass is 10.1. The summed E-state index contributed by atoms with van der Waals surface area (Å²) in [6, 6.07) is 20.5. The van der Waals surface area contributed by atoms with E-state index in [0.29, 0.717) is 29.3 Å². The van der Waals surface area contributed by atoms with Crippen LogP contribution in [0.25, 0.3) is 0 Å². The molecule has 0 saturated carbocycles. The Balaban J connectivity index is 1.60. The molecule has 0 bridgehead atoms. The number of hydrogen-bond acceptors (Lipinski definition) is 5. The summed E-state index contributed by atoms with van der Waals surface area (Å²) in [5.41, 5.74) is 3.27. The largest absolute Gasteiger partial charge is 0.497 e. The molecule has 0 aliphatic heterocycles. The second-order valence-electron chi connectivity index (χ2n) is 6.33. The first-order valence-electron chi connectivity index (χ1n) is 9.12. The molecular weight excluding hydrogens is 368 g/mol. The molecule has 0 heterocycles. The SMILES string of the molecule is COc1ccc(CNc2ccc(NC(=O)c3cc(OC)cc(OC)c3)cc2)cc1. The number of hydrogen-bond donors (Lipinski definition) is 2. The van der Waals surface area contributed by atoms with E-state index in [2.05, 4.69) is 10.6 Å². The highest BCUT2D eigenvalue weighted by molar-refractivity contribution is 6.04. The van der Waals surface area contributed by atoms with Gasteiger partial charge in [-0.2, -0.15) is 0 Å². The molecule has 0 atom stereocenters. The van der Waals surface area contributed by atoms with Crippen LogP contribution >= 0.6 is 0 Å². The van der Waals surface area contributed by atoms with Gasteiger partial charge in [0.05, 0.1) is 21.3 Å². The molecule has 0 saturated heterocycles. The van der Waals surface area contributed by atoms with E-state index in [1.807, 2.05) is 48.5 Å². The molecule has 6 heteroatoms. The van der Waals surface area contributed by atoms with E-state index in [4.69, 9.17) is 14.2 Å². The topological polar surface area (TPSA) is 68.8 Å². The van der Waals surface area contributed by atoms with Crippen LogP contribution in [0, 0.1) is 0 Å². The third-order valence-electron chi connectivity index (χ3n) is 4.41. The number of methoxy groups -OCH3 is 3. The average molecular weight is 392 g/mol. The number of amides is 1. The minimum absolute atomic E-state index is 0.235. The van der Waals surface area contributed by atoms with Crippen molar-refractivity contribution in [3.8, 4) is 17.2 Å². The van der Waals surface area contributed by atoms with E-state index in [1.165, 1.54) is 0 Å². The van der Waals surface area contributed by atoms with Crippen LogP contribution < -0.4 is 24.8 Å². The van der Waals surface area contributed by atoms with Crippen molar-refractivity contribution in [3.63, 3.8) is 0 Å². The Bertz CT molecular complexity index is 931. The minimum Gasteiger partial charge on any atom is -0.497 e. The zero-order chi connectivity index (χ0) is 20.6. The van der Waals surface area contributed by atoms with Crippen LogP contribution in [0.2, 0.25) is 0 Å². The van der Waals surface area contributed by atoms with Crippen molar-refractivity contribution in [1.82, 2.24) is 0 Å². The molecule has 0 radical (unpaired) electrons. The van der Waals surface area contributed by atoms with Gasteiger partial charge in [0.25, 0.3) is 5.91 Å². The highest BCUT2D eigenvalue weighted by atomic mass is 16.5. The molecule has 3 aromatic carbocycles. The lowest BCUT2D eigenvalue weighted by Crippen LogP contribution is -2.12. The Kier molecular flexibility index (Phi) is 6.58. The number of benzene rings is 3. The second kappa shape index (κ2) is 9.50. The maximum absolute atomic E-state index is 12.6. The summed E-state index contributed by atoms with van der Waals surface area (Å²) in [7, 11) is 4.75. The van der Waals surface area contributed by atoms with Gasteiger partial charge >= 0.3 is 0 Å². The van der Waals surface area contributed by atoms with Crippen molar-refractivity contribution < 1.29 is 19.0 Å². The van der Waals surface area contributed by atoms with E-state index >= 15 is 0 Å². The molecule has 0 spiro atoms. The molecular formula is C23H24N2O4. The number of anilines is 2. The molecule has 0 aliphatic carbocycles. The lowest BCUT2D eigenvalue weighted by Gasteiger charge is -2.11. The molecule has 0 fully saturated rings. The molecule has 6 nitrogen and oxygen atoms in total. The third-order valence-corrected chi connectivity index (χ3v) is 4.41. The lowest BCUT2D eigenvalue weighted by molar-refractivity contribution is 0.102. The van der Waals surface area contributed by atoms with E-state index in [9.17, 15) is 4.79 Å². The van der Waals surface area contributed by atoms with Crippen LogP contribution in [0.15, 0.2) is 66.7 Å². The Morgan fingerprint density at radius 3 is 1.83 bits per heavy atom. The normalized spacial score (nSPS) is 10.2. The first-order valence-corrected chi connectivity index (χ1v) is 9.12. The summed E-state index contributed by atoms with van der Waals surface area (Å²) in [5.74, 6) is 1.73. The number of rotatable bonds is 8. The van der Waals surface area contributed by atoms with Gasteiger partial charge in [-0.3, -0.25) is 4.79 Å². The average Bonchev–Trinajstić information content (AvgIpc) is 2.78. The Labute approximate surface area is 170 Å². The predicted molar refractivity (Wildman–Crippen MR) is 114 cm³/mol. The summed E-state index contributed by atoms with van der Waals surface area (Å²) >= 11 is 0. The predicted octanol–water partition coefficient (Wildman–Crippen LogP) is 4.58. The highest BCUT2D eigenvalue weighted by Gasteiger charge is 2.10. The van der Waals surface area contributed by atoms with Crippen molar-refractivity contribution in [2.24, 2.45) is 0 Å². The van der Waals surface area contributed by atoms with E-state index in [0.717, 1.165) is 17.0 Å². The van der Waals surface area contributed by atoms with Gasteiger partial charge < -0.3 is 24.8 Å². The summed E-state index contributed by atoms with van der Waals surface area (Å²) < 4.78 is 15.6. The van der Waals surface area contributed by atoms with Crippen LogP contribution in [0.5, 0.6) is 17.2 Å². The standard InChI is InChI=1S/C23H24N2O4/c1-27-20-10-4-16(5-11-20)15-24-18-6-8-19(9-7-18)25-23(26)17-12-21(28-2)14-22(13-17)29-3/h4-14,24H,15H2,1-3H3,(H,25,26). The van der Waals surface area contributed by atoms with Gasteiger partial charge in [0.2, 0.25) is 0 Å². The third kappa shape index (κ3) is 5.42. The van der Waals surface area contributed by atoms with Crippen LogP contribution in [-0.2, 0) is 6.54 Å². The fraction of sp³-hybridized carbons (Fsp3) is 0.174. The maximum atomic E-state index is 12.6. The van der Waals surface area contributed by atoms with E-state index in [1.54, 1.807) is 39.5 Å². The Morgan fingerprint density at radius 2 is 1.28 bits per heavy atom. The monoisotopic (exact) mass is 392 g/mol. The first kappa shape index (κ1) is 20.1. The van der Waals surface area contributed by atoms with Gasteiger partial charge in [-0.25, -0.2) is 0 Å². The summed E-state index contributed by atoms with van der Waals surface area (Å²) in [6.45, 7) is 0.694. The van der Waals surface area contributed by atoms with Crippen molar-refractivity contribution >= 4 is 17.3 Å². The van der Waals surface area contributed by atoms with Gasteiger partial charge in [0, 0.05) is 29.5 Å². The fourth-order valence-corrected chi connectivity index (χ4v) is 2.76. The quantitative estimate of drug-likeness (QED) is 0.587. The summed E-state index contributed by atoms with van der Waals surface area (Å²) in [4.78, 5) is 12.6. The van der Waals surface area contributed by atoms with Crippen molar-refractivity contribution in [2.75, 3.05) is 32.0 Å². The van der Waals surface area contributed by atoms with Crippen LogP contribution in [-0.4, -0.2) is 27.2 Å². The van der Waals surface area contributed by atoms with E-state index < -0.39 is 0 Å². The molecule has 150 valence electrons. The molecule has 2 N–H and O–H groups in total. The van der Waals surface area contributed by atoms with Gasteiger partial charge in [-0.15, -0.1) is 0 Å². The second-order valence-corrected chi connectivity index (χ2v) is 6.33. The number of nitrogens with one attached hydrogen (secondary N) is 2. The zero-order valence-electron chi connectivity index (χ0n) is 16.7. The van der Waals surface area contributed by atoms with Crippen molar-refractivity contribution in [1.29, 1.82) is 0 Å². The Hall–Kier alpha value is -3.67.